The topological polar surface area (TPSA) is 75.1 Å². The molecule has 0 spiro atoms. The van der Waals surface area contributed by atoms with Crippen molar-refractivity contribution < 1.29 is 14.3 Å². The number of thiazole rings is 1. The predicted octanol–water partition coefficient (Wildman–Crippen LogP) is 2.30. The van der Waals surface area contributed by atoms with Crippen molar-refractivity contribution in [1.29, 1.82) is 0 Å². The summed E-state index contributed by atoms with van der Waals surface area (Å²) in [5.41, 5.74) is 0.362. The molecule has 18 heavy (non-hydrogen) atoms. The Kier molecular flexibility index (Phi) is 3.52. The first-order chi connectivity index (χ1) is 8.58. The molecule has 0 fully saturated rings. The predicted molar refractivity (Wildman–Crippen MR) is 65.3 cm³/mol. The van der Waals surface area contributed by atoms with E-state index in [9.17, 15) is 9.18 Å². The minimum Gasteiger partial charge on any atom is -0.478 e. The average molecular weight is 267 g/mol. The maximum atomic E-state index is 13.7. The third-order valence-electron chi connectivity index (χ3n) is 2.22. The van der Waals surface area contributed by atoms with Crippen molar-refractivity contribution in [3.8, 4) is 0 Å². The zero-order chi connectivity index (χ0) is 13.1. The molecule has 0 unspecified atom stereocenters. The lowest BCUT2D eigenvalue weighted by molar-refractivity contribution is 0.0692. The highest BCUT2D eigenvalue weighted by molar-refractivity contribution is 7.09. The molecule has 7 heteroatoms. The largest absolute Gasteiger partial charge is 0.478 e. The monoisotopic (exact) mass is 267 g/mol. The van der Waals surface area contributed by atoms with Gasteiger partial charge < -0.3 is 10.4 Å². The molecule has 2 aromatic heterocycles. The Morgan fingerprint density at radius 2 is 2.39 bits per heavy atom. The quantitative estimate of drug-likeness (QED) is 0.889. The van der Waals surface area contributed by atoms with Crippen LogP contribution in [-0.4, -0.2) is 21.0 Å². The van der Waals surface area contributed by atoms with E-state index in [0.717, 1.165) is 16.8 Å². The number of nitrogens with one attached hydrogen (secondary N) is 1. The second-order valence-corrected chi connectivity index (χ2v) is 4.60. The van der Waals surface area contributed by atoms with Crippen LogP contribution in [0.3, 0.4) is 0 Å². The molecule has 0 aliphatic carbocycles. The normalized spacial score (nSPS) is 10.3. The van der Waals surface area contributed by atoms with Gasteiger partial charge >= 0.3 is 5.97 Å². The van der Waals surface area contributed by atoms with Crippen LogP contribution in [0.4, 0.5) is 10.2 Å². The van der Waals surface area contributed by atoms with E-state index in [1.807, 2.05) is 12.3 Å². The summed E-state index contributed by atoms with van der Waals surface area (Å²) in [6.45, 7) is 2.18. The van der Waals surface area contributed by atoms with Gasteiger partial charge in [-0.1, -0.05) is 0 Å². The molecular weight excluding hydrogens is 257 g/mol. The Labute approximate surface area is 106 Å². The van der Waals surface area contributed by atoms with Crippen LogP contribution in [0.2, 0.25) is 0 Å². The highest BCUT2D eigenvalue weighted by atomic mass is 32.1. The molecule has 2 N–H and O–H groups in total. The average Bonchev–Trinajstić information content (AvgIpc) is 2.73. The summed E-state index contributed by atoms with van der Waals surface area (Å²) in [6.07, 6.45) is 1.25. The maximum Gasteiger partial charge on any atom is 0.338 e. The molecule has 0 aliphatic heterocycles. The number of anilines is 1. The van der Waals surface area contributed by atoms with Crippen molar-refractivity contribution in [3.05, 3.63) is 39.7 Å². The summed E-state index contributed by atoms with van der Waals surface area (Å²) in [5, 5.41) is 14.3. The summed E-state index contributed by atoms with van der Waals surface area (Å²) in [7, 11) is 0. The third-order valence-corrected chi connectivity index (χ3v) is 3.05. The molecule has 5 nitrogen and oxygen atoms in total. The fourth-order valence-corrected chi connectivity index (χ4v) is 2.01. The van der Waals surface area contributed by atoms with Gasteiger partial charge in [-0.3, -0.25) is 0 Å². The first kappa shape index (κ1) is 12.4. The molecule has 2 heterocycles. The van der Waals surface area contributed by atoms with Gasteiger partial charge in [-0.25, -0.2) is 19.2 Å². The molecule has 0 bridgehead atoms. The number of aryl methyl sites for hydroxylation is 1. The van der Waals surface area contributed by atoms with E-state index in [4.69, 9.17) is 5.11 Å². The van der Waals surface area contributed by atoms with Crippen molar-refractivity contribution >= 4 is 23.1 Å². The molecule has 0 atom stereocenters. The zero-order valence-corrected chi connectivity index (χ0v) is 10.3. The van der Waals surface area contributed by atoms with E-state index >= 15 is 0 Å². The highest BCUT2D eigenvalue weighted by Crippen LogP contribution is 2.16. The van der Waals surface area contributed by atoms with Gasteiger partial charge in [-0.05, 0) is 13.0 Å². The summed E-state index contributed by atoms with van der Waals surface area (Å²) in [6, 6.07) is 1.12. The number of hydrogen-bond acceptors (Lipinski definition) is 5. The number of pyridine rings is 1. The minimum atomic E-state index is -1.32. The summed E-state index contributed by atoms with van der Waals surface area (Å²) < 4.78 is 13.7. The van der Waals surface area contributed by atoms with Crippen LogP contribution in [0.15, 0.2) is 17.6 Å². The fraction of sp³-hybridized carbons (Fsp3) is 0.182. The molecule has 0 aromatic carbocycles. The second kappa shape index (κ2) is 5.09. The van der Waals surface area contributed by atoms with Crippen molar-refractivity contribution in [2.75, 3.05) is 5.32 Å². The number of nitrogens with zero attached hydrogens (tertiary/aromatic N) is 2. The van der Waals surface area contributed by atoms with Gasteiger partial charge in [0.15, 0.2) is 11.6 Å². The van der Waals surface area contributed by atoms with Crippen LogP contribution in [0.25, 0.3) is 0 Å². The Hall–Kier alpha value is -2.02. The van der Waals surface area contributed by atoms with E-state index in [2.05, 4.69) is 15.3 Å². The van der Waals surface area contributed by atoms with Crippen molar-refractivity contribution in [2.24, 2.45) is 0 Å². The number of hydrogen-bond donors (Lipinski definition) is 2. The summed E-state index contributed by atoms with van der Waals surface area (Å²) in [5.74, 6) is -2.26. The number of aromatic carboxylic acids is 1. The zero-order valence-electron chi connectivity index (χ0n) is 9.48. The van der Waals surface area contributed by atoms with Crippen molar-refractivity contribution in [1.82, 2.24) is 9.97 Å². The second-order valence-electron chi connectivity index (χ2n) is 3.54. The number of halogens is 1. The van der Waals surface area contributed by atoms with E-state index in [-0.39, 0.29) is 5.82 Å². The number of aromatic nitrogens is 2. The lowest BCUT2D eigenvalue weighted by atomic mass is 10.2. The highest BCUT2D eigenvalue weighted by Gasteiger charge is 2.14. The first-order valence-electron chi connectivity index (χ1n) is 5.10. The Morgan fingerprint density at radius 3 is 3.00 bits per heavy atom. The lowest BCUT2D eigenvalue weighted by Crippen LogP contribution is -2.08. The molecule has 0 saturated heterocycles. The number of rotatable bonds is 4. The van der Waals surface area contributed by atoms with Gasteiger partial charge in [0.2, 0.25) is 0 Å². The van der Waals surface area contributed by atoms with Gasteiger partial charge in [-0.2, -0.15) is 0 Å². The van der Waals surface area contributed by atoms with Gasteiger partial charge in [-0.15, -0.1) is 11.3 Å². The fourth-order valence-electron chi connectivity index (χ4n) is 1.40. The van der Waals surface area contributed by atoms with E-state index in [0.29, 0.717) is 6.54 Å². The Morgan fingerprint density at radius 1 is 1.61 bits per heavy atom. The van der Waals surface area contributed by atoms with Gasteiger partial charge in [0.1, 0.15) is 5.56 Å². The number of carbonyl (C=O) groups is 1. The maximum absolute atomic E-state index is 13.7. The number of carboxylic acids is 1. The molecule has 0 aliphatic rings. The van der Waals surface area contributed by atoms with E-state index < -0.39 is 17.3 Å². The first-order valence-corrected chi connectivity index (χ1v) is 5.98. The molecule has 0 amide bonds. The van der Waals surface area contributed by atoms with Crippen LogP contribution >= 0.6 is 11.3 Å². The Balaban J connectivity index is 2.14. The molecular formula is C11H10FN3O2S. The van der Waals surface area contributed by atoms with Gasteiger partial charge in [0, 0.05) is 11.6 Å². The molecule has 0 saturated carbocycles. The Bertz CT molecular complexity index is 585. The molecule has 2 rings (SSSR count). The lowest BCUT2D eigenvalue weighted by Gasteiger charge is -2.06. The molecule has 2 aromatic rings. The van der Waals surface area contributed by atoms with Crippen LogP contribution in [-0.2, 0) is 6.54 Å². The van der Waals surface area contributed by atoms with Crippen LogP contribution < -0.4 is 5.32 Å². The summed E-state index contributed by atoms with van der Waals surface area (Å²) >= 11 is 1.49. The standard InChI is InChI=1S/C11H10FN3O2S/c1-6-15-7(5-18-6)4-14-10-9(12)8(11(16)17)2-3-13-10/h2-3,5H,4H2,1H3,(H,13,14)(H,16,17). The van der Waals surface area contributed by atoms with Crippen molar-refractivity contribution in [3.63, 3.8) is 0 Å². The smallest absolute Gasteiger partial charge is 0.338 e. The van der Waals surface area contributed by atoms with Gasteiger partial charge in [0.05, 0.1) is 17.2 Å². The van der Waals surface area contributed by atoms with Crippen LogP contribution in [0.1, 0.15) is 21.1 Å². The number of carboxylic acid groups (broad SMARTS) is 1. The van der Waals surface area contributed by atoms with Crippen molar-refractivity contribution in [2.45, 2.75) is 13.5 Å². The minimum absolute atomic E-state index is 0.0828. The van der Waals surface area contributed by atoms with E-state index in [1.165, 1.54) is 17.5 Å². The molecule has 94 valence electrons. The van der Waals surface area contributed by atoms with Gasteiger partial charge in [0.25, 0.3) is 0 Å². The SMILES string of the molecule is Cc1nc(CNc2nccc(C(=O)O)c2F)cs1. The molecule has 0 radical (unpaired) electrons. The van der Waals surface area contributed by atoms with Crippen LogP contribution in [0.5, 0.6) is 0 Å². The van der Waals surface area contributed by atoms with Crippen LogP contribution in [0, 0.1) is 12.7 Å². The summed E-state index contributed by atoms with van der Waals surface area (Å²) in [4.78, 5) is 18.7. The van der Waals surface area contributed by atoms with E-state index in [1.54, 1.807) is 0 Å². The third kappa shape index (κ3) is 2.62.